The molecule has 0 unspecified atom stereocenters. The lowest BCUT2D eigenvalue weighted by Crippen LogP contribution is -2.07. The number of aromatic nitrogens is 2. The lowest BCUT2D eigenvalue weighted by Gasteiger charge is -2.10. The molecule has 142 valence electrons. The summed E-state index contributed by atoms with van der Waals surface area (Å²) in [6.07, 6.45) is 3.75. The number of imidazole rings is 1. The summed E-state index contributed by atoms with van der Waals surface area (Å²) >= 11 is 1.46. The Labute approximate surface area is 167 Å². The molecule has 0 spiro atoms. The maximum atomic E-state index is 11.9. The highest BCUT2D eigenvalue weighted by Gasteiger charge is 2.11. The fourth-order valence-electron chi connectivity index (χ4n) is 3.07. The highest BCUT2D eigenvalue weighted by molar-refractivity contribution is 7.20. The fourth-order valence-corrected chi connectivity index (χ4v) is 4.00. The third kappa shape index (κ3) is 4.07. The lowest BCUT2D eigenvalue weighted by molar-refractivity contribution is 0.0532. The Balaban J connectivity index is 1.46. The summed E-state index contributed by atoms with van der Waals surface area (Å²) < 4.78 is 8.31. The Kier molecular flexibility index (Phi) is 5.39. The number of thiophene rings is 1. The van der Waals surface area contributed by atoms with Gasteiger partial charge in [-0.3, -0.25) is 0 Å². The Hall–Kier alpha value is -3.12. The zero-order valence-corrected chi connectivity index (χ0v) is 16.4. The lowest BCUT2D eigenvalue weighted by atomic mass is 10.2. The molecule has 0 amide bonds. The predicted molar refractivity (Wildman–Crippen MR) is 113 cm³/mol. The molecule has 28 heavy (non-hydrogen) atoms. The van der Waals surface area contributed by atoms with Crippen LogP contribution in [0.1, 0.15) is 27.9 Å². The number of benzene rings is 2. The Morgan fingerprint density at radius 2 is 2.04 bits per heavy atom. The summed E-state index contributed by atoms with van der Waals surface area (Å²) in [7, 11) is 0. The van der Waals surface area contributed by atoms with Gasteiger partial charge in [0.15, 0.2) is 0 Å². The molecule has 0 aliphatic rings. The van der Waals surface area contributed by atoms with Crippen molar-refractivity contribution >= 4 is 33.1 Å². The first-order chi connectivity index (χ1) is 13.7. The molecule has 2 heterocycles. The Bertz CT molecular complexity index is 1090. The topological polar surface area (TPSA) is 56.1 Å². The van der Waals surface area contributed by atoms with Crippen molar-refractivity contribution < 1.29 is 9.53 Å². The highest BCUT2D eigenvalue weighted by Crippen LogP contribution is 2.29. The van der Waals surface area contributed by atoms with Gasteiger partial charge < -0.3 is 14.6 Å². The molecule has 6 heteroatoms. The molecular formula is C22H21N3O2S. The minimum absolute atomic E-state index is 0.261. The van der Waals surface area contributed by atoms with Gasteiger partial charge in [-0.25, -0.2) is 9.78 Å². The molecule has 0 bridgehead atoms. The second-order valence-corrected chi connectivity index (χ2v) is 7.52. The normalized spacial score (nSPS) is 10.9. The molecule has 1 N–H and O–H groups in total. The molecule has 0 saturated heterocycles. The number of ether oxygens (including phenoxy) is 1. The molecule has 0 fully saturated rings. The zero-order chi connectivity index (χ0) is 19.3. The van der Waals surface area contributed by atoms with Crippen LogP contribution in [0, 0.1) is 0 Å². The quantitative estimate of drug-likeness (QED) is 0.454. The summed E-state index contributed by atoms with van der Waals surface area (Å²) in [5.74, 6) is -0.261. The van der Waals surface area contributed by atoms with Gasteiger partial charge in [-0.05, 0) is 42.1 Å². The molecule has 2 aromatic carbocycles. The van der Waals surface area contributed by atoms with Gasteiger partial charge in [0.25, 0.3) is 0 Å². The molecule has 0 atom stereocenters. The highest BCUT2D eigenvalue weighted by atomic mass is 32.1. The Morgan fingerprint density at radius 1 is 1.18 bits per heavy atom. The maximum absolute atomic E-state index is 11.9. The van der Waals surface area contributed by atoms with Gasteiger partial charge in [0.05, 0.1) is 25.2 Å². The fraction of sp³-hybridized carbons (Fsp3) is 0.182. The number of carbonyl (C=O) groups excluding carboxylic acids is 1. The van der Waals surface area contributed by atoms with E-state index in [0.29, 0.717) is 18.0 Å². The average Bonchev–Trinajstić information content (AvgIpc) is 3.33. The van der Waals surface area contributed by atoms with E-state index in [9.17, 15) is 4.79 Å². The molecule has 5 nitrogen and oxygen atoms in total. The van der Waals surface area contributed by atoms with Crippen LogP contribution in [-0.2, 0) is 17.8 Å². The molecular weight excluding hydrogens is 370 g/mol. The minimum atomic E-state index is -0.261. The third-order valence-corrected chi connectivity index (χ3v) is 5.56. The van der Waals surface area contributed by atoms with Crippen LogP contribution < -0.4 is 5.32 Å². The van der Waals surface area contributed by atoms with E-state index in [1.807, 2.05) is 55.8 Å². The number of fused-ring (bicyclic) bond motifs is 1. The number of hydrogen-bond donors (Lipinski definition) is 1. The van der Waals surface area contributed by atoms with Gasteiger partial charge in [-0.1, -0.05) is 30.3 Å². The van der Waals surface area contributed by atoms with Crippen LogP contribution in [0.5, 0.6) is 0 Å². The number of hydrogen-bond acceptors (Lipinski definition) is 5. The van der Waals surface area contributed by atoms with Crippen LogP contribution in [0.4, 0.5) is 5.69 Å². The van der Waals surface area contributed by atoms with Crippen molar-refractivity contribution in [1.29, 1.82) is 0 Å². The summed E-state index contributed by atoms with van der Waals surface area (Å²) in [5.41, 5.74) is 3.36. The van der Waals surface area contributed by atoms with E-state index in [1.165, 1.54) is 16.9 Å². The average molecular weight is 391 g/mol. The summed E-state index contributed by atoms with van der Waals surface area (Å²) in [4.78, 5) is 16.9. The summed E-state index contributed by atoms with van der Waals surface area (Å²) in [6.45, 7) is 3.67. The van der Waals surface area contributed by atoms with E-state index in [4.69, 9.17) is 4.74 Å². The number of anilines is 1. The summed E-state index contributed by atoms with van der Waals surface area (Å²) in [5, 5.41) is 4.49. The minimum Gasteiger partial charge on any atom is -0.462 e. The van der Waals surface area contributed by atoms with Crippen molar-refractivity contribution in [2.45, 2.75) is 20.0 Å². The van der Waals surface area contributed by atoms with Crippen molar-refractivity contribution in [1.82, 2.24) is 9.55 Å². The van der Waals surface area contributed by atoms with Crippen molar-refractivity contribution in [2.24, 2.45) is 0 Å². The SMILES string of the molecule is CCOC(=O)c1cc2cc(NCc3cncn3Cc3ccccc3)ccc2s1. The van der Waals surface area contributed by atoms with Crippen LogP contribution in [0.25, 0.3) is 10.1 Å². The van der Waals surface area contributed by atoms with Crippen LogP contribution in [0.3, 0.4) is 0 Å². The van der Waals surface area contributed by atoms with Gasteiger partial charge in [-0.2, -0.15) is 0 Å². The van der Waals surface area contributed by atoms with E-state index in [2.05, 4.69) is 33.1 Å². The number of nitrogens with zero attached hydrogens (tertiary/aromatic N) is 2. The second kappa shape index (κ2) is 8.27. The molecule has 0 aliphatic heterocycles. The van der Waals surface area contributed by atoms with Crippen LogP contribution in [0.15, 0.2) is 67.1 Å². The molecule has 4 rings (SSSR count). The van der Waals surface area contributed by atoms with Gasteiger partial charge >= 0.3 is 5.97 Å². The third-order valence-electron chi connectivity index (χ3n) is 4.46. The molecule has 0 radical (unpaired) electrons. The van der Waals surface area contributed by atoms with Gasteiger partial charge in [0.1, 0.15) is 4.88 Å². The van der Waals surface area contributed by atoms with E-state index in [1.54, 1.807) is 0 Å². The largest absolute Gasteiger partial charge is 0.462 e. The van der Waals surface area contributed by atoms with E-state index >= 15 is 0 Å². The summed E-state index contributed by atoms with van der Waals surface area (Å²) in [6, 6.07) is 18.4. The number of carbonyl (C=O) groups is 1. The molecule has 0 aliphatic carbocycles. The maximum Gasteiger partial charge on any atom is 0.348 e. The van der Waals surface area contributed by atoms with Crippen LogP contribution in [0.2, 0.25) is 0 Å². The first-order valence-corrected chi connectivity index (χ1v) is 10.0. The van der Waals surface area contributed by atoms with Crippen LogP contribution in [-0.4, -0.2) is 22.1 Å². The standard InChI is InChI=1S/C22H21N3O2S/c1-2-27-22(26)21-11-17-10-18(8-9-20(17)28-21)24-13-19-12-23-15-25(19)14-16-6-4-3-5-7-16/h3-12,15,24H,2,13-14H2,1H3. The van der Waals surface area contributed by atoms with Crippen molar-refractivity contribution in [2.75, 3.05) is 11.9 Å². The second-order valence-electron chi connectivity index (χ2n) is 6.44. The Morgan fingerprint density at radius 3 is 2.86 bits per heavy atom. The number of nitrogens with one attached hydrogen (secondary N) is 1. The van der Waals surface area contributed by atoms with E-state index < -0.39 is 0 Å². The number of esters is 1. The zero-order valence-electron chi connectivity index (χ0n) is 15.6. The van der Waals surface area contributed by atoms with Crippen molar-refractivity contribution in [3.05, 3.63) is 83.3 Å². The van der Waals surface area contributed by atoms with E-state index in [0.717, 1.165) is 28.0 Å². The molecule has 2 aromatic heterocycles. The van der Waals surface area contributed by atoms with Crippen molar-refractivity contribution in [3.8, 4) is 0 Å². The van der Waals surface area contributed by atoms with Gasteiger partial charge in [0, 0.05) is 23.1 Å². The molecule has 4 aromatic rings. The van der Waals surface area contributed by atoms with Gasteiger partial charge in [-0.15, -0.1) is 11.3 Å². The molecule has 0 saturated carbocycles. The first kappa shape index (κ1) is 18.3. The number of rotatable bonds is 7. The predicted octanol–water partition coefficient (Wildman–Crippen LogP) is 4.93. The van der Waals surface area contributed by atoms with Crippen LogP contribution >= 0.6 is 11.3 Å². The van der Waals surface area contributed by atoms with E-state index in [-0.39, 0.29) is 5.97 Å². The monoisotopic (exact) mass is 391 g/mol. The smallest absolute Gasteiger partial charge is 0.348 e. The van der Waals surface area contributed by atoms with Crippen molar-refractivity contribution in [3.63, 3.8) is 0 Å². The van der Waals surface area contributed by atoms with Gasteiger partial charge in [0.2, 0.25) is 0 Å². The first-order valence-electron chi connectivity index (χ1n) is 9.20.